The zero-order valence-electron chi connectivity index (χ0n) is 16.3. The lowest BCUT2D eigenvalue weighted by Gasteiger charge is -2.29. The molecule has 2 aliphatic rings. The van der Waals surface area contributed by atoms with E-state index in [1.165, 1.54) is 36.0 Å². The van der Waals surface area contributed by atoms with Gasteiger partial charge in [-0.25, -0.2) is 0 Å². The average molecular weight is 388 g/mol. The van der Waals surface area contributed by atoms with E-state index in [-0.39, 0.29) is 0 Å². The third-order valence-electron chi connectivity index (χ3n) is 6.32. The van der Waals surface area contributed by atoms with Gasteiger partial charge in [0.15, 0.2) is 0 Å². The molecular formula is C23H27F3N2. The molecule has 2 aromatic rings. The van der Waals surface area contributed by atoms with E-state index < -0.39 is 11.9 Å². The van der Waals surface area contributed by atoms with Crippen molar-refractivity contribution in [2.75, 3.05) is 0 Å². The minimum absolute atomic E-state index is 0.323. The maximum atomic E-state index is 12.7. The van der Waals surface area contributed by atoms with E-state index in [0.717, 1.165) is 50.2 Å². The van der Waals surface area contributed by atoms with Crippen molar-refractivity contribution < 1.29 is 13.2 Å². The van der Waals surface area contributed by atoms with E-state index >= 15 is 0 Å². The van der Waals surface area contributed by atoms with Gasteiger partial charge in [-0.15, -0.1) is 0 Å². The lowest BCUT2D eigenvalue weighted by atomic mass is 9.77. The fourth-order valence-corrected chi connectivity index (χ4v) is 4.47. The fraction of sp³-hybridized carbons (Fsp3) is 0.565. The standard InChI is InChI=1S/C23H27F3N2/c1-2-19-10-11-20(17-7-8-17)21(28-19)13-15-3-5-16(6-4-15)18-9-12-22(27-14-18)23(24,25)26/h9-12,14-17H,2-8,13H2,1H3. The number of aryl methyl sites for hydroxylation is 1. The van der Waals surface area contributed by atoms with Gasteiger partial charge in [-0.05, 0) is 92.4 Å². The van der Waals surface area contributed by atoms with Crippen LogP contribution in [0.2, 0.25) is 0 Å². The summed E-state index contributed by atoms with van der Waals surface area (Å²) in [5.74, 6) is 1.66. The third kappa shape index (κ3) is 4.39. The van der Waals surface area contributed by atoms with Gasteiger partial charge in [-0.3, -0.25) is 9.97 Å². The van der Waals surface area contributed by atoms with Gasteiger partial charge in [0, 0.05) is 17.6 Å². The van der Waals surface area contributed by atoms with Gasteiger partial charge in [-0.2, -0.15) is 13.2 Å². The molecule has 2 aliphatic carbocycles. The molecule has 0 aliphatic heterocycles. The molecule has 0 unspecified atom stereocenters. The van der Waals surface area contributed by atoms with Crippen LogP contribution in [-0.4, -0.2) is 9.97 Å². The maximum Gasteiger partial charge on any atom is 0.433 e. The van der Waals surface area contributed by atoms with E-state index in [9.17, 15) is 13.2 Å². The minimum atomic E-state index is -4.37. The molecule has 0 radical (unpaired) electrons. The summed E-state index contributed by atoms with van der Waals surface area (Å²) < 4.78 is 38.1. The van der Waals surface area contributed by atoms with E-state index in [1.54, 1.807) is 6.07 Å². The Balaban J connectivity index is 1.38. The third-order valence-corrected chi connectivity index (χ3v) is 6.32. The highest BCUT2D eigenvalue weighted by Gasteiger charge is 2.33. The summed E-state index contributed by atoms with van der Waals surface area (Å²) in [5.41, 5.74) is 4.05. The Bertz CT molecular complexity index is 802. The monoisotopic (exact) mass is 388 g/mol. The van der Waals surface area contributed by atoms with Gasteiger partial charge < -0.3 is 0 Å². The molecular weight excluding hydrogens is 361 g/mol. The second kappa shape index (κ2) is 7.84. The number of pyridine rings is 2. The topological polar surface area (TPSA) is 25.8 Å². The highest BCUT2D eigenvalue weighted by molar-refractivity contribution is 5.30. The van der Waals surface area contributed by atoms with Crippen LogP contribution in [0.4, 0.5) is 13.2 Å². The SMILES string of the molecule is CCc1ccc(C2CC2)c(CC2CCC(c3ccc(C(F)(F)F)nc3)CC2)n1. The first kappa shape index (κ1) is 19.4. The smallest absolute Gasteiger partial charge is 0.258 e. The molecule has 2 aromatic heterocycles. The summed E-state index contributed by atoms with van der Waals surface area (Å²) in [7, 11) is 0. The van der Waals surface area contributed by atoms with Gasteiger partial charge in [0.2, 0.25) is 0 Å². The molecule has 2 fully saturated rings. The van der Waals surface area contributed by atoms with E-state index in [2.05, 4.69) is 24.0 Å². The van der Waals surface area contributed by atoms with Crippen molar-refractivity contribution in [3.8, 4) is 0 Å². The second-order valence-electron chi connectivity index (χ2n) is 8.36. The molecule has 2 nitrogen and oxygen atoms in total. The van der Waals surface area contributed by atoms with Crippen LogP contribution in [-0.2, 0) is 19.0 Å². The molecule has 2 heterocycles. The molecule has 2 saturated carbocycles. The van der Waals surface area contributed by atoms with Crippen molar-refractivity contribution in [3.05, 3.63) is 58.7 Å². The van der Waals surface area contributed by atoms with Crippen LogP contribution in [0.25, 0.3) is 0 Å². The molecule has 0 bridgehead atoms. The van der Waals surface area contributed by atoms with E-state index in [1.807, 2.05) is 0 Å². The molecule has 0 saturated heterocycles. The van der Waals surface area contributed by atoms with Crippen LogP contribution in [0.5, 0.6) is 0 Å². The first-order valence-electron chi connectivity index (χ1n) is 10.5. The summed E-state index contributed by atoms with van der Waals surface area (Å²) in [6, 6.07) is 7.19. The Morgan fingerprint density at radius 3 is 2.21 bits per heavy atom. The zero-order chi connectivity index (χ0) is 19.7. The fourth-order valence-electron chi connectivity index (χ4n) is 4.47. The Morgan fingerprint density at radius 1 is 0.929 bits per heavy atom. The van der Waals surface area contributed by atoms with Gasteiger partial charge in [0.25, 0.3) is 0 Å². The number of hydrogen-bond acceptors (Lipinski definition) is 2. The Morgan fingerprint density at radius 2 is 1.64 bits per heavy atom. The van der Waals surface area contributed by atoms with Gasteiger partial charge in [0.1, 0.15) is 5.69 Å². The number of rotatable bonds is 5. The predicted molar refractivity (Wildman–Crippen MR) is 103 cm³/mol. The van der Waals surface area contributed by atoms with Crippen LogP contribution in [0.1, 0.15) is 85.5 Å². The summed E-state index contributed by atoms with van der Waals surface area (Å²) in [6.07, 6.45) is 5.88. The first-order chi connectivity index (χ1) is 13.4. The highest BCUT2D eigenvalue weighted by Crippen LogP contribution is 2.43. The quantitative estimate of drug-likeness (QED) is 0.588. The Labute approximate surface area is 164 Å². The van der Waals surface area contributed by atoms with Crippen molar-refractivity contribution >= 4 is 0 Å². The molecule has 5 heteroatoms. The molecule has 0 amide bonds. The van der Waals surface area contributed by atoms with Crippen LogP contribution >= 0.6 is 0 Å². The summed E-state index contributed by atoms with van der Waals surface area (Å²) >= 11 is 0. The second-order valence-corrected chi connectivity index (χ2v) is 8.36. The van der Waals surface area contributed by atoms with Crippen molar-refractivity contribution in [1.29, 1.82) is 0 Å². The summed E-state index contributed by atoms with van der Waals surface area (Å²) in [5, 5.41) is 0. The van der Waals surface area contributed by atoms with Gasteiger partial charge in [-0.1, -0.05) is 19.1 Å². The Kier molecular flexibility index (Phi) is 5.44. The number of alkyl halides is 3. The van der Waals surface area contributed by atoms with Crippen molar-refractivity contribution in [1.82, 2.24) is 9.97 Å². The van der Waals surface area contributed by atoms with Crippen LogP contribution in [0, 0.1) is 5.92 Å². The van der Waals surface area contributed by atoms with Crippen LogP contribution in [0.15, 0.2) is 30.5 Å². The molecule has 28 heavy (non-hydrogen) atoms. The normalized spacial score (nSPS) is 23.0. The highest BCUT2D eigenvalue weighted by atomic mass is 19.4. The molecule has 0 N–H and O–H groups in total. The molecule has 150 valence electrons. The molecule has 0 aromatic carbocycles. The van der Waals surface area contributed by atoms with Crippen molar-refractivity contribution in [2.24, 2.45) is 5.92 Å². The zero-order valence-corrected chi connectivity index (χ0v) is 16.3. The number of hydrogen-bond donors (Lipinski definition) is 0. The summed E-state index contributed by atoms with van der Waals surface area (Å²) in [6.45, 7) is 2.15. The predicted octanol–water partition coefficient (Wildman–Crippen LogP) is 6.45. The van der Waals surface area contributed by atoms with Crippen LogP contribution in [0.3, 0.4) is 0 Å². The maximum absolute atomic E-state index is 12.7. The number of aromatic nitrogens is 2. The molecule has 0 atom stereocenters. The van der Waals surface area contributed by atoms with E-state index in [4.69, 9.17) is 4.98 Å². The number of nitrogens with zero attached hydrogens (tertiary/aromatic N) is 2. The Hall–Kier alpha value is -1.91. The first-order valence-corrected chi connectivity index (χ1v) is 10.5. The lowest BCUT2D eigenvalue weighted by molar-refractivity contribution is -0.141. The molecule has 4 rings (SSSR count). The van der Waals surface area contributed by atoms with Gasteiger partial charge in [0.05, 0.1) is 0 Å². The van der Waals surface area contributed by atoms with Crippen molar-refractivity contribution in [3.63, 3.8) is 0 Å². The largest absolute Gasteiger partial charge is 0.433 e. The van der Waals surface area contributed by atoms with Crippen LogP contribution < -0.4 is 0 Å². The van der Waals surface area contributed by atoms with Gasteiger partial charge >= 0.3 is 6.18 Å². The average Bonchev–Trinajstić information content (AvgIpc) is 3.53. The lowest BCUT2D eigenvalue weighted by Crippen LogP contribution is -2.17. The minimum Gasteiger partial charge on any atom is -0.258 e. The summed E-state index contributed by atoms with van der Waals surface area (Å²) in [4.78, 5) is 8.57. The van der Waals surface area contributed by atoms with E-state index in [0.29, 0.717) is 17.8 Å². The van der Waals surface area contributed by atoms with Crippen molar-refractivity contribution in [2.45, 2.75) is 76.3 Å². The number of halogens is 3. The molecule has 0 spiro atoms.